The molecule has 1 aromatic carbocycles. The summed E-state index contributed by atoms with van der Waals surface area (Å²) >= 11 is 0. The molecule has 0 unspecified atom stereocenters. The number of aromatic nitrogens is 1. The zero-order valence-electron chi connectivity index (χ0n) is 18.0. The summed E-state index contributed by atoms with van der Waals surface area (Å²) in [5.74, 6) is 1.01. The number of pyridine rings is 1. The molecule has 0 spiro atoms. The molecule has 2 N–H and O–H groups in total. The number of methoxy groups -OCH3 is 2. The Bertz CT molecular complexity index is 1110. The summed E-state index contributed by atoms with van der Waals surface area (Å²) in [7, 11) is 3.07. The van der Waals surface area contributed by atoms with Crippen molar-refractivity contribution in [3.8, 4) is 11.6 Å². The minimum Gasteiger partial charge on any atom is -0.497 e. The SMILES string of the molecule is COc1ccc(CCc2cc(C)c(C(=O)Nc3cccnc3OC)c(=O)o2)cc1.O=CO. The summed E-state index contributed by atoms with van der Waals surface area (Å²) in [6.45, 7) is 1.46. The second-order valence-corrected chi connectivity index (χ2v) is 6.53. The molecule has 0 bridgehead atoms. The van der Waals surface area contributed by atoms with E-state index in [9.17, 15) is 9.59 Å². The first-order chi connectivity index (χ1) is 15.4. The molecular formula is C23H24N2O7. The van der Waals surface area contributed by atoms with Crippen LogP contribution in [-0.2, 0) is 17.6 Å². The van der Waals surface area contributed by atoms with Gasteiger partial charge in [-0.25, -0.2) is 9.78 Å². The third-order valence-corrected chi connectivity index (χ3v) is 4.46. The van der Waals surface area contributed by atoms with Crippen molar-refractivity contribution in [1.29, 1.82) is 0 Å². The van der Waals surface area contributed by atoms with Crippen LogP contribution >= 0.6 is 0 Å². The molecule has 3 rings (SSSR count). The van der Waals surface area contributed by atoms with Crippen LogP contribution in [0.5, 0.6) is 11.6 Å². The second-order valence-electron chi connectivity index (χ2n) is 6.53. The summed E-state index contributed by atoms with van der Waals surface area (Å²) in [5.41, 5.74) is 1.31. The van der Waals surface area contributed by atoms with Crippen LogP contribution in [0.4, 0.5) is 5.69 Å². The number of nitrogens with zero attached hydrogens (tertiary/aromatic N) is 1. The summed E-state index contributed by atoms with van der Waals surface area (Å²) < 4.78 is 15.6. The number of carbonyl (C=O) groups is 2. The number of anilines is 1. The van der Waals surface area contributed by atoms with Crippen molar-refractivity contribution < 1.29 is 28.6 Å². The highest BCUT2D eigenvalue weighted by Gasteiger charge is 2.18. The van der Waals surface area contributed by atoms with E-state index in [-0.39, 0.29) is 17.9 Å². The van der Waals surface area contributed by atoms with E-state index in [1.165, 1.54) is 7.11 Å². The number of rotatable bonds is 7. The first-order valence-electron chi connectivity index (χ1n) is 9.58. The number of carbonyl (C=O) groups excluding carboxylic acids is 1. The lowest BCUT2D eigenvalue weighted by atomic mass is 10.1. The van der Waals surface area contributed by atoms with Crippen molar-refractivity contribution >= 4 is 18.1 Å². The number of aryl methyl sites for hydroxylation is 3. The highest BCUT2D eigenvalue weighted by atomic mass is 16.5. The summed E-state index contributed by atoms with van der Waals surface area (Å²) in [6, 6.07) is 12.7. The standard InChI is InChI=1S/C22H22N2O5.CH2O2/c1-14-13-17(11-8-15-6-9-16(27-2)10-7-15)29-22(26)19(14)20(25)24-18-5-4-12-23-21(18)28-3;2-1-3/h4-7,9-10,12-13H,8,11H2,1-3H3,(H,24,25);1H,(H,2,3). The Morgan fingerprint density at radius 3 is 2.44 bits per heavy atom. The van der Waals surface area contributed by atoms with Crippen LogP contribution in [0.1, 0.15) is 27.2 Å². The van der Waals surface area contributed by atoms with Gasteiger partial charge in [0.25, 0.3) is 12.4 Å². The zero-order valence-corrected chi connectivity index (χ0v) is 18.0. The van der Waals surface area contributed by atoms with Crippen LogP contribution in [0.25, 0.3) is 0 Å². The third kappa shape index (κ3) is 6.43. The van der Waals surface area contributed by atoms with E-state index in [0.717, 1.165) is 11.3 Å². The van der Waals surface area contributed by atoms with E-state index in [1.807, 2.05) is 24.3 Å². The summed E-state index contributed by atoms with van der Waals surface area (Å²) in [5, 5.41) is 9.54. The van der Waals surface area contributed by atoms with Crippen molar-refractivity contribution in [2.24, 2.45) is 0 Å². The molecule has 0 radical (unpaired) electrons. The first-order valence-corrected chi connectivity index (χ1v) is 9.58. The molecule has 9 heteroatoms. The molecule has 0 atom stereocenters. The summed E-state index contributed by atoms with van der Waals surface area (Å²) in [6.07, 6.45) is 2.79. The Kier molecular flexibility index (Phi) is 8.97. The number of hydrogen-bond donors (Lipinski definition) is 2. The maximum atomic E-state index is 12.6. The monoisotopic (exact) mass is 440 g/mol. The van der Waals surface area contributed by atoms with Crippen LogP contribution in [-0.4, -0.2) is 36.7 Å². The fraction of sp³-hybridized carbons (Fsp3) is 0.217. The predicted molar refractivity (Wildman–Crippen MR) is 118 cm³/mol. The Labute approximate surface area is 184 Å². The van der Waals surface area contributed by atoms with Gasteiger partial charge in [-0.05, 0) is 54.8 Å². The maximum absolute atomic E-state index is 12.6. The van der Waals surface area contributed by atoms with Crippen LogP contribution in [0.15, 0.2) is 57.9 Å². The van der Waals surface area contributed by atoms with Gasteiger partial charge in [0.05, 0.1) is 14.2 Å². The number of nitrogens with one attached hydrogen (secondary N) is 1. The average Bonchev–Trinajstić information content (AvgIpc) is 2.78. The van der Waals surface area contributed by atoms with Gasteiger partial charge in [0, 0.05) is 12.6 Å². The van der Waals surface area contributed by atoms with Crippen LogP contribution < -0.4 is 20.4 Å². The van der Waals surface area contributed by atoms with E-state index < -0.39 is 11.5 Å². The first kappa shape index (κ1) is 24.1. The molecule has 2 aromatic heterocycles. The fourth-order valence-corrected chi connectivity index (χ4v) is 2.96. The largest absolute Gasteiger partial charge is 0.497 e. The van der Waals surface area contributed by atoms with Crippen molar-refractivity contribution in [3.63, 3.8) is 0 Å². The van der Waals surface area contributed by atoms with E-state index in [4.69, 9.17) is 23.8 Å². The zero-order chi connectivity index (χ0) is 23.5. The minimum atomic E-state index is -0.671. The number of ether oxygens (including phenoxy) is 2. The van der Waals surface area contributed by atoms with E-state index in [1.54, 1.807) is 38.4 Å². The molecule has 0 saturated heterocycles. The molecule has 1 amide bonds. The van der Waals surface area contributed by atoms with Gasteiger partial charge in [-0.15, -0.1) is 0 Å². The quantitative estimate of drug-likeness (QED) is 0.537. The molecule has 0 aliphatic rings. The Balaban J connectivity index is 0.00000114. The van der Waals surface area contributed by atoms with Crippen molar-refractivity contribution in [2.75, 3.05) is 19.5 Å². The smallest absolute Gasteiger partial charge is 0.349 e. The molecule has 2 heterocycles. The summed E-state index contributed by atoms with van der Waals surface area (Å²) in [4.78, 5) is 37.4. The highest BCUT2D eigenvalue weighted by molar-refractivity contribution is 6.05. The average molecular weight is 440 g/mol. The normalized spacial score (nSPS) is 9.84. The van der Waals surface area contributed by atoms with Crippen LogP contribution in [0.3, 0.4) is 0 Å². The van der Waals surface area contributed by atoms with Crippen molar-refractivity contribution in [2.45, 2.75) is 19.8 Å². The van der Waals surface area contributed by atoms with Gasteiger partial charge in [-0.2, -0.15) is 0 Å². The Hall–Kier alpha value is -4.14. The van der Waals surface area contributed by atoms with Gasteiger partial charge in [-0.1, -0.05) is 12.1 Å². The molecule has 32 heavy (non-hydrogen) atoms. The second kappa shape index (κ2) is 11.9. The Morgan fingerprint density at radius 1 is 1.16 bits per heavy atom. The lowest BCUT2D eigenvalue weighted by molar-refractivity contribution is -0.122. The maximum Gasteiger partial charge on any atom is 0.349 e. The molecule has 0 saturated carbocycles. The van der Waals surface area contributed by atoms with Gasteiger partial charge in [0.15, 0.2) is 0 Å². The topological polar surface area (TPSA) is 128 Å². The number of carboxylic acid groups (broad SMARTS) is 1. The molecule has 168 valence electrons. The molecule has 0 fully saturated rings. The van der Waals surface area contributed by atoms with Gasteiger partial charge in [0.1, 0.15) is 22.8 Å². The molecule has 0 aliphatic heterocycles. The highest BCUT2D eigenvalue weighted by Crippen LogP contribution is 2.21. The molecule has 0 aliphatic carbocycles. The van der Waals surface area contributed by atoms with Crippen LogP contribution in [0, 0.1) is 6.92 Å². The van der Waals surface area contributed by atoms with Crippen molar-refractivity contribution in [3.05, 3.63) is 81.5 Å². The molecular weight excluding hydrogens is 416 g/mol. The molecule has 9 nitrogen and oxygen atoms in total. The molecule has 3 aromatic rings. The minimum absolute atomic E-state index is 0.0379. The van der Waals surface area contributed by atoms with Gasteiger partial charge < -0.3 is 24.3 Å². The number of hydrogen-bond acceptors (Lipinski definition) is 7. The van der Waals surface area contributed by atoms with E-state index in [0.29, 0.717) is 29.9 Å². The fourth-order valence-electron chi connectivity index (χ4n) is 2.96. The lowest BCUT2D eigenvalue weighted by Crippen LogP contribution is -2.23. The third-order valence-electron chi connectivity index (χ3n) is 4.46. The Morgan fingerprint density at radius 2 is 1.84 bits per heavy atom. The lowest BCUT2D eigenvalue weighted by Gasteiger charge is -2.10. The predicted octanol–water partition coefficient (Wildman–Crippen LogP) is 3.10. The van der Waals surface area contributed by atoms with E-state index in [2.05, 4.69) is 10.3 Å². The van der Waals surface area contributed by atoms with Gasteiger partial charge >= 0.3 is 5.63 Å². The van der Waals surface area contributed by atoms with Gasteiger partial charge in [0.2, 0.25) is 5.88 Å². The van der Waals surface area contributed by atoms with Crippen molar-refractivity contribution in [1.82, 2.24) is 4.98 Å². The van der Waals surface area contributed by atoms with Crippen LogP contribution in [0.2, 0.25) is 0 Å². The van der Waals surface area contributed by atoms with E-state index >= 15 is 0 Å². The van der Waals surface area contributed by atoms with Gasteiger partial charge in [-0.3, -0.25) is 9.59 Å². The number of amides is 1. The number of benzene rings is 1.